The number of pyridine rings is 1. The van der Waals surface area contributed by atoms with Crippen LogP contribution in [-0.2, 0) is 12.7 Å². The molecule has 11 heteroatoms. The van der Waals surface area contributed by atoms with E-state index in [1.54, 1.807) is 32.2 Å². The van der Waals surface area contributed by atoms with E-state index >= 15 is 0 Å². The van der Waals surface area contributed by atoms with Gasteiger partial charge in [0, 0.05) is 25.5 Å². The van der Waals surface area contributed by atoms with Crippen LogP contribution in [0.15, 0.2) is 23.9 Å². The molecule has 3 heterocycles. The van der Waals surface area contributed by atoms with Crippen molar-refractivity contribution in [3.05, 3.63) is 35.3 Å². The van der Waals surface area contributed by atoms with Crippen LogP contribution in [-0.4, -0.2) is 43.6 Å². The fourth-order valence-electron chi connectivity index (χ4n) is 3.10. The zero-order valence-corrected chi connectivity index (χ0v) is 15.9. The first-order valence-corrected chi connectivity index (χ1v) is 8.72. The zero-order valence-electron chi connectivity index (χ0n) is 15.9. The van der Waals surface area contributed by atoms with E-state index in [-0.39, 0.29) is 18.0 Å². The van der Waals surface area contributed by atoms with Crippen molar-refractivity contribution in [1.29, 1.82) is 0 Å². The Labute approximate surface area is 162 Å². The number of halogens is 6. The lowest BCUT2D eigenvalue weighted by atomic mass is 10.2. The molecule has 0 aromatic carbocycles. The molecule has 0 atom stereocenters. The lowest BCUT2D eigenvalue weighted by Gasteiger charge is -2.18. The number of rotatable bonds is 5. The minimum Gasteiger partial charge on any atom is -0.300 e. The molecule has 3 aromatic rings. The number of hydrogen-bond donors (Lipinski definition) is 0. The monoisotopic (exact) mass is 419 g/mol. The van der Waals surface area contributed by atoms with Gasteiger partial charge in [-0.1, -0.05) is 5.57 Å². The van der Waals surface area contributed by atoms with E-state index in [2.05, 4.69) is 9.97 Å². The van der Waals surface area contributed by atoms with Crippen LogP contribution in [0.2, 0.25) is 0 Å². The molecule has 0 aliphatic heterocycles. The third kappa shape index (κ3) is 4.39. The van der Waals surface area contributed by atoms with E-state index in [1.165, 1.54) is 27.1 Å². The molecule has 0 unspecified atom stereocenters. The van der Waals surface area contributed by atoms with E-state index in [9.17, 15) is 26.3 Å². The van der Waals surface area contributed by atoms with E-state index < -0.39 is 31.0 Å². The third-order valence-corrected chi connectivity index (χ3v) is 4.26. The predicted molar refractivity (Wildman–Crippen MR) is 96.1 cm³/mol. The van der Waals surface area contributed by atoms with E-state index in [1.807, 2.05) is 0 Å². The quantitative estimate of drug-likeness (QED) is 0.549. The van der Waals surface area contributed by atoms with Crippen LogP contribution >= 0.6 is 0 Å². The normalized spacial score (nSPS) is 13.0. The summed E-state index contributed by atoms with van der Waals surface area (Å²) in [5, 5.41) is 0. The van der Waals surface area contributed by atoms with Crippen LogP contribution < -0.4 is 0 Å². The summed E-state index contributed by atoms with van der Waals surface area (Å²) >= 11 is 0. The first kappa shape index (κ1) is 21.2. The Balaban J connectivity index is 2.20. The molecule has 0 amide bonds. The molecular formula is C18H19F6N5. The highest BCUT2D eigenvalue weighted by molar-refractivity contribution is 5.80. The predicted octanol–water partition coefficient (Wildman–Crippen LogP) is 4.97. The molecule has 0 aliphatic carbocycles. The van der Waals surface area contributed by atoms with Crippen molar-refractivity contribution in [2.24, 2.45) is 0 Å². The van der Waals surface area contributed by atoms with Crippen LogP contribution in [0.3, 0.4) is 0 Å². The van der Waals surface area contributed by atoms with Crippen LogP contribution in [0.1, 0.15) is 31.7 Å². The molecule has 0 bridgehead atoms. The molecule has 0 aliphatic rings. The third-order valence-electron chi connectivity index (χ3n) is 4.26. The number of nitrogens with zero attached hydrogens (tertiary/aromatic N) is 5. The summed E-state index contributed by atoms with van der Waals surface area (Å²) in [4.78, 5) is 9.24. The van der Waals surface area contributed by atoms with Crippen molar-refractivity contribution < 1.29 is 26.3 Å². The van der Waals surface area contributed by atoms with Gasteiger partial charge in [-0.15, -0.1) is 0 Å². The summed E-state index contributed by atoms with van der Waals surface area (Å²) in [6.45, 7) is 2.78. The molecule has 158 valence electrons. The molecule has 0 spiro atoms. The number of fused-ring (bicyclic) bond motifs is 3. The highest BCUT2D eigenvalue weighted by Crippen LogP contribution is 2.35. The minimum absolute atomic E-state index is 0.00597. The van der Waals surface area contributed by atoms with Gasteiger partial charge in [0.15, 0.2) is 11.3 Å². The van der Waals surface area contributed by atoms with Crippen molar-refractivity contribution in [2.75, 3.05) is 13.6 Å². The molecular weight excluding hydrogens is 400 g/mol. The Morgan fingerprint density at radius 2 is 1.86 bits per heavy atom. The van der Waals surface area contributed by atoms with Gasteiger partial charge in [-0.05, 0) is 33.0 Å². The molecule has 3 rings (SSSR count). The lowest BCUT2D eigenvalue weighted by Crippen LogP contribution is -2.26. The number of hydrogen-bond acceptors (Lipinski definition) is 3. The smallest absolute Gasteiger partial charge is 0.300 e. The summed E-state index contributed by atoms with van der Waals surface area (Å²) in [6.07, 6.45) is -7.13. The Morgan fingerprint density at radius 1 is 1.17 bits per heavy atom. The average Bonchev–Trinajstić information content (AvgIpc) is 3.09. The number of imidazole rings is 2. The van der Waals surface area contributed by atoms with Gasteiger partial charge in [0.05, 0.1) is 17.6 Å². The molecule has 0 radical (unpaired) electrons. The van der Waals surface area contributed by atoms with E-state index in [0.29, 0.717) is 11.2 Å². The number of aromatic nitrogens is 4. The number of allylic oxidation sites excluding steroid dienone is 1. The van der Waals surface area contributed by atoms with Gasteiger partial charge in [0.1, 0.15) is 0 Å². The van der Waals surface area contributed by atoms with Gasteiger partial charge in [-0.25, -0.2) is 9.97 Å². The first-order chi connectivity index (χ1) is 13.4. The Hall–Kier alpha value is -2.56. The Kier molecular flexibility index (Phi) is 5.37. The topological polar surface area (TPSA) is 38.4 Å². The fraction of sp³-hybridized carbons (Fsp3) is 0.444. The maximum absolute atomic E-state index is 13.7. The van der Waals surface area contributed by atoms with Gasteiger partial charge in [-0.2, -0.15) is 26.3 Å². The molecule has 0 saturated heterocycles. The SMILES string of the molecule is CC(C)=Cn1c2ncccc2n2c(CN(C)CCC(F)(F)F)c(C(F)(F)F)nc12. The van der Waals surface area contributed by atoms with Gasteiger partial charge in [0.25, 0.3) is 0 Å². The number of alkyl halides is 6. The van der Waals surface area contributed by atoms with Crippen molar-refractivity contribution in [3.8, 4) is 0 Å². The zero-order chi connectivity index (χ0) is 21.6. The second-order valence-corrected chi connectivity index (χ2v) is 7.07. The Bertz CT molecular complexity index is 1050. The van der Waals surface area contributed by atoms with Crippen molar-refractivity contribution in [3.63, 3.8) is 0 Å². The molecule has 3 aromatic heterocycles. The molecule has 0 saturated carbocycles. The highest BCUT2D eigenvalue weighted by atomic mass is 19.4. The van der Waals surface area contributed by atoms with Gasteiger partial charge in [0.2, 0.25) is 5.78 Å². The second-order valence-electron chi connectivity index (χ2n) is 7.07. The van der Waals surface area contributed by atoms with E-state index in [4.69, 9.17) is 0 Å². The van der Waals surface area contributed by atoms with Gasteiger partial charge >= 0.3 is 12.4 Å². The summed E-state index contributed by atoms with van der Waals surface area (Å²) in [7, 11) is 1.35. The molecule has 0 N–H and O–H groups in total. The van der Waals surface area contributed by atoms with Crippen LogP contribution in [0, 0.1) is 0 Å². The first-order valence-electron chi connectivity index (χ1n) is 8.72. The maximum atomic E-state index is 13.7. The van der Waals surface area contributed by atoms with Crippen molar-refractivity contribution in [1.82, 2.24) is 23.8 Å². The summed E-state index contributed by atoms with van der Waals surface area (Å²) in [6, 6.07) is 3.19. The van der Waals surface area contributed by atoms with Gasteiger partial charge in [-0.3, -0.25) is 8.97 Å². The molecule has 0 fully saturated rings. The van der Waals surface area contributed by atoms with Crippen molar-refractivity contribution >= 4 is 23.1 Å². The fourth-order valence-corrected chi connectivity index (χ4v) is 3.10. The van der Waals surface area contributed by atoms with Crippen LogP contribution in [0.4, 0.5) is 26.3 Å². The molecule has 5 nitrogen and oxygen atoms in total. The molecule has 29 heavy (non-hydrogen) atoms. The summed E-state index contributed by atoms with van der Waals surface area (Å²) < 4.78 is 81.3. The van der Waals surface area contributed by atoms with Gasteiger partial charge < -0.3 is 4.90 Å². The van der Waals surface area contributed by atoms with E-state index in [0.717, 1.165) is 5.57 Å². The minimum atomic E-state index is -4.75. The summed E-state index contributed by atoms with van der Waals surface area (Å²) in [5.74, 6) is 0.00597. The van der Waals surface area contributed by atoms with Crippen LogP contribution in [0.25, 0.3) is 23.1 Å². The van der Waals surface area contributed by atoms with Crippen molar-refractivity contribution in [2.45, 2.75) is 39.2 Å². The maximum Gasteiger partial charge on any atom is 0.435 e. The highest BCUT2D eigenvalue weighted by Gasteiger charge is 2.39. The lowest BCUT2D eigenvalue weighted by molar-refractivity contribution is -0.143. The standard InChI is InChI=1S/C18H19F6N5/c1-11(2)9-28-15-12(5-4-7-25-15)29-13(10-27(3)8-6-17(19,20)21)14(18(22,23)24)26-16(28)29/h4-5,7,9H,6,8,10H2,1-3H3. The average molecular weight is 419 g/mol. The Morgan fingerprint density at radius 3 is 2.45 bits per heavy atom. The summed E-state index contributed by atoms with van der Waals surface area (Å²) in [5.41, 5.74) is 0.269. The largest absolute Gasteiger partial charge is 0.435 e. The second kappa shape index (κ2) is 7.36. The van der Waals surface area contributed by atoms with Crippen LogP contribution in [0.5, 0.6) is 0 Å².